The number of hydrogen-bond donors (Lipinski definition) is 1. The van der Waals surface area contributed by atoms with Crippen molar-refractivity contribution in [2.24, 2.45) is 0 Å². The highest BCUT2D eigenvalue weighted by Crippen LogP contribution is 2.24. The molecular formula is C22H17Cl2N3O3S. The van der Waals surface area contributed by atoms with Crippen molar-refractivity contribution in [3.63, 3.8) is 0 Å². The van der Waals surface area contributed by atoms with E-state index in [-0.39, 0.29) is 6.54 Å². The zero-order valence-corrected chi connectivity index (χ0v) is 18.9. The van der Waals surface area contributed by atoms with Gasteiger partial charge in [0.25, 0.3) is 5.56 Å². The Kier molecular flexibility index (Phi) is 5.75. The van der Waals surface area contributed by atoms with E-state index in [2.05, 4.69) is 5.32 Å². The number of amides is 1. The summed E-state index contributed by atoms with van der Waals surface area (Å²) in [5.74, 6) is -0.406. The molecule has 31 heavy (non-hydrogen) atoms. The van der Waals surface area contributed by atoms with Crippen LogP contribution in [0, 0.1) is 13.8 Å². The number of halogens is 2. The molecule has 1 amide bonds. The second-order valence-corrected chi connectivity index (χ2v) is 9.10. The van der Waals surface area contributed by atoms with Crippen LogP contribution in [0.2, 0.25) is 10.0 Å². The highest BCUT2D eigenvalue weighted by Gasteiger charge is 2.19. The van der Waals surface area contributed by atoms with Crippen LogP contribution in [0.3, 0.4) is 0 Å². The van der Waals surface area contributed by atoms with Gasteiger partial charge in [0, 0.05) is 20.6 Å². The smallest absolute Gasteiger partial charge is 0.324 e. The van der Waals surface area contributed by atoms with Crippen molar-refractivity contribution in [2.75, 3.05) is 5.32 Å². The van der Waals surface area contributed by atoms with E-state index < -0.39 is 17.2 Å². The molecule has 0 fully saturated rings. The summed E-state index contributed by atoms with van der Waals surface area (Å²) in [6, 6.07) is 13.4. The third-order valence-electron chi connectivity index (χ3n) is 4.85. The lowest BCUT2D eigenvalue weighted by molar-refractivity contribution is -0.116. The predicted octanol–water partition coefficient (Wildman–Crippen LogP) is 4.78. The van der Waals surface area contributed by atoms with Gasteiger partial charge in [0.05, 0.1) is 11.1 Å². The average Bonchev–Trinajstić information content (AvgIpc) is 3.11. The largest absolute Gasteiger partial charge is 0.337 e. The summed E-state index contributed by atoms with van der Waals surface area (Å²) in [6.45, 7) is 3.38. The Balaban J connectivity index is 1.84. The molecule has 0 radical (unpaired) electrons. The number of aryl methyl sites for hydroxylation is 1. The third-order valence-corrected chi connectivity index (χ3v) is 6.56. The fourth-order valence-corrected chi connectivity index (χ4v) is 4.68. The van der Waals surface area contributed by atoms with E-state index in [1.807, 2.05) is 6.92 Å². The maximum Gasteiger partial charge on any atom is 0.337 e. The zero-order chi connectivity index (χ0) is 22.3. The average molecular weight is 474 g/mol. The van der Waals surface area contributed by atoms with Gasteiger partial charge in [-0.2, -0.15) is 0 Å². The van der Waals surface area contributed by atoms with Crippen LogP contribution < -0.4 is 16.6 Å². The van der Waals surface area contributed by atoms with Crippen molar-refractivity contribution in [3.05, 3.63) is 89.9 Å². The number of hydrogen-bond acceptors (Lipinski definition) is 4. The van der Waals surface area contributed by atoms with E-state index in [4.69, 9.17) is 23.2 Å². The van der Waals surface area contributed by atoms with E-state index >= 15 is 0 Å². The van der Waals surface area contributed by atoms with Gasteiger partial charge in [-0.15, -0.1) is 11.3 Å². The highest BCUT2D eigenvalue weighted by molar-refractivity contribution is 7.18. The number of benzene rings is 2. The minimum Gasteiger partial charge on any atom is -0.324 e. The van der Waals surface area contributed by atoms with Crippen LogP contribution in [0.25, 0.3) is 15.9 Å². The maximum atomic E-state index is 13.3. The molecular weight excluding hydrogens is 457 g/mol. The Morgan fingerprint density at radius 3 is 2.55 bits per heavy atom. The predicted molar refractivity (Wildman–Crippen MR) is 126 cm³/mol. The summed E-state index contributed by atoms with van der Waals surface area (Å²) in [5.41, 5.74) is 0.569. The van der Waals surface area contributed by atoms with E-state index in [1.165, 1.54) is 22.0 Å². The first-order valence-electron chi connectivity index (χ1n) is 9.33. The number of carbonyl (C=O) groups excluding carboxylic acids is 1. The molecule has 6 nitrogen and oxygen atoms in total. The minimum absolute atomic E-state index is 0.262. The number of fused-ring (bicyclic) bond motifs is 1. The molecule has 0 aliphatic heterocycles. The molecule has 0 bridgehead atoms. The van der Waals surface area contributed by atoms with Gasteiger partial charge in [-0.1, -0.05) is 35.3 Å². The van der Waals surface area contributed by atoms with Gasteiger partial charge in [-0.3, -0.25) is 14.2 Å². The van der Waals surface area contributed by atoms with Crippen LogP contribution in [0.15, 0.2) is 58.1 Å². The van der Waals surface area contributed by atoms with Gasteiger partial charge in [0.15, 0.2) is 0 Å². The molecule has 9 heteroatoms. The summed E-state index contributed by atoms with van der Waals surface area (Å²) >= 11 is 13.5. The Morgan fingerprint density at radius 2 is 1.81 bits per heavy atom. The Hall–Kier alpha value is -2.87. The lowest BCUT2D eigenvalue weighted by atomic mass is 10.2. The normalized spacial score (nSPS) is 11.1. The Bertz CT molecular complexity index is 1450. The minimum atomic E-state index is -0.611. The number of carbonyl (C=O) groups is 1. The molecule has 0 spiro atoms. The van der Waals surface area contributed by atoms with Crippen LogP contribution in [-0.2, 0) is 11.3 Å². The molecule has 1 N–H and O–H groups in total. The molecule has 0 aliphatic rings. The number of thiophene rings is 1. The van der Waals surface area contributed by atoms with Crippen molar-refractivity contribution in [1.82, 2.24) is 9.13 Å². The topological polar surface area (TPSA) is 73.1 Å². The summed E-state index contributed by atoms with van der Waals surface area (Å²) in [7, 11) is 0. The maximum absolute atomic E-state index is 13.3. The Morgan fingerprint density at radius 1 is 1.06 bits per heavy atom. The number of nitrogens with zero attached hydrogens (tertiary/aromatic N) is 2. The van der Waals surface area contributed by atoms with E-state index in [9.17, 15) is 14.4 Å². The second kappa shape index (κ2) is 8.34. The van der Waals surface area contributed by atoms with Crippen molar-refractivity contribution < 1.29 is 4.79 Å². The zero-order valence-electron chi connectivity index (χ0n) is 16.6. The molecule has 0 saturated heterocycles. The molecule has 2 aromatic heterocycles. The first-order chi connectivity index (χ1) is 14.8. The second-order valence-electron chi connectivity index (χ2n) is 7.03. The highest BCUT2D eigenvalue weighted by atomic mass is 35.5. The van der Waals surface area contributed by atoms with Crippen LogP contribution in [0.1, 0.15) is 10.4 Å². The summed E-state index contributed by atoms with van der Waals surface area (Å²) in [6.07, 6.45) is 0. The molecule has 0 atom stereocenters. The lowest BCUT2D eigenvalue weighted by Gasteiger charge is -2.13. The van der Waals surface area contributed by atoms with E-state index in [1.54, 1.807) is 49.4 Å². The first-order valence-corrected chi connectivity index (χ1v) is 10.9. The third kappa shape index (κ3) is 4.04. The monoisotopic (exact) mass is 473 g/mol. The molecule has 158 valence electrons. The quantitative estimate of drug-likeness (QED) is 0.463. The van der Waals surface area contributed by atoms with Gasteiger partial charge in [0.1, 0.15) is 11.4 Å². The number of anilines is 1. The first kappa shape index (κ1) is 21.4. The van der Waals surface area contributed by atoms with Crippen LogP contribution >= 0.6 is 34.5 Å². The fourth-order valence-electron chi connectivity index (χ4n) is 3.33. The van der Waals surface area contributed by atoms with Gasteiger partial charge >= 0.3 is 5.69 Å². The van der Waals surface area contributed by atoms with Gasteiger partial charge < -0.3 is 5.32 Å². The van der Waals surface area contributed by atoms with Gasteiger partial charge in [-0.05, 0) is 55.8 Å². The summed E-state index contributed by atoms with van der Waals surface area (Å²) < 4.78 is 2.35. The Labute approximate surface area is 191 Å². The molecule has 0 unspecified atom stereocenters. The molecule has 4 rings (SSSR count). The fraction of sp³-hybridized carbons (Fsp3) is 0.136. The molecule has 2 heterocycles. The molecule has 2 aromatic carbocycles. The van der Waals surface area contributed by atoms with Gasteiger partial charge in [-0.25, -0.2) is 9.36 Å². The van der Waals surface area contributed by atoms with Crippen LogP contribution in [0.5, 0.6) is 0 Å². The summed E-state index contributed by atoms with van der Waals surface area (Å²) in [5, 5.41) is 4.09. The van der Waals surface area contributed by atoms with Crippen molar-refractivity contribution >= 4 is 56.3 Å². The molecule has 0 saturated carbocycles. The SMILES string of the molecule is Cc1cc2c(=O)n(-c3cccc(Cl)c3)c(=O)n(CC(=O)Nc3cccc(Cl)c3C)c2s1. The molecule has 4 aromatic rings. The molecule has 0 aliphatic carbocycles. The van der Waals surface area contributed by atoms with Crippen molar-refractivity contribution in [3.8, 4) is 5.69 Å². The summed E-state index contributed by atoms with van der Waals surface area (Å²) in [4.78, 5) is 40.5. The number of rotatable bonds is 4. The van der Waals surface area contributed by atoms with Gasteiger partial charge in [0.2, 0.25) is 5.91 Å². The number of nitrogens with one attached hydrogen (secondary N) is 1. The van der Waals surface area contributed by atoms with E-state index in [0.717, 1.165) is 15.0 Å². The lowest BCUT2D eigenvalue weighted by Crippen LogP contribution is -2.40. The standard InChI is InChI=1S/C22H17Cl2N3O3S/c1-12-9-16-20(29)27(15-6-3-5-14(23)10-15)22(30)26(21(16)31-12)11-19(28)25-18-8-4-7-17(24)13(18)2/h3-10H,11H2,1-2H3,(H,25,28). The van der Waals surface area contributed by atoms with E-state index in [0.29, 0.717) is 31.6 Å². The van der Waals surface area contributed by atoms with Crippen molar-refractivity contribution in [1.29, 1.82) is 0 Å². The van der Waals surface area contributed by atoms with Crippen LogP contribution in [0.4, 0.5) is 5.69 Å². The van der Waals surface area contributed by atoms with Crippen LogP contribution in [-0.4, -0.2) is 15.0 Å². The van der Waals surface area contributed by atoms with Crippen molar-refractivity contribution in [2.45, 2.75) is 20.4 Å². The number of aromatic nitrogens is 2.